The molecule has 3 nitrogen and oxygen atoms in total. The van der Waals surface area contributed by atoms with Crippen LogP contribution in [0, 0.1) is 11.3 Å². The molecule has 0 aliphatic carbocycles. The summed E-state index contributed by atoms with van der Waals surface area (Å²) in [7, 11) is 0. The molecule has 0 saturated heterocycles. The van der Waals surface area contributed by atoms with Gasteiger partial charge in [0.1, 0.15) is 0 Å². The predicted octanol–water partition coefficient (Wildman–Crippen LogP) is -0.794. The van der Waals surface area contributed by atoms with Gasteiger partial charge in [0.2, 0.25) is 0 Å². The number of hydrogen-bond acceptors (Lipinski definition) is 3. The smallest absolute Gasteiger partial charge is 0.0679 e. The van der Waals surface area contributed by atoms with Crippen LogP contribution in [0.5, 0.6) is 0 Å². The molecule has 0 atom stereocenters. The summed E-state index contributed by atoms with van der Waals surface area (Å²) in [6.07, 6.45) is -0.164. The van der Waals surface area contributed by atoms with E-state index in [1.54, 1.807) is 6.07 Å². The highest BCUT2D eigenvalue weighted by atomic mass is 16.4. The molecule has 3 heteroatoms. The average molecular weight is 110 g/mol. The molecule has 0 aromatic rings. The number of nitriles is 1. The first-order chi connectivity index (χ1) is 3.68. The van der Waals surface area contributed by atoms with E-state index in [0.29, 0.717) is 0 Å². The zero-order valence-electron chi connectivity index (χ0n) is 4.18. The van der Waals surface area contributed by atoms with Gasteiger partial charge in [0, 0.05) is 0 Å². The SMILES string of the molecule is C=C(CC#N)C(=O)[O-]. The van der Waals surface area contributed by atoms with Gasteiger partial charge in [-0.25, -0.2) is 0 Å². The minimum absolute atomic E-state index is 0.164. The van der Waals surface area contributed by atoms with E-state index in [1.165, 1.54) is 0 Å². The molecular weight excluding hydrogens is 106 g/mol. The van der Waals surface area contributed by atoms with Crippen molar-refractivity contribution in [1.29, 1.82) is 5.26 Å². The van der Waals surface area contributed by atoms with Gasteiger partial charge in [-0.15, -0.1) is 0 Å². The van der Waals surface area contributed by atoms with Gasteiger partial charge in [0.15, 0.2) is 0 Å². The number of carboxylic acids is 1. The highest BCUT2D eigenvalue weighted by Crippen LogP contribution is 1.91. The van der Waals surface area contributed by atoms with E-state index in [4.69, 9.17) is 5.26 Å². The van der Waals surface area contributed by atoms with E-state index in [2.05, 4.69) is 6.58 Å². The van der Waals surface area contributed by atoms with Gasteiger partial charge in [0.25, 0.3) is 0 Å². The van der Waals surface area contributed by atoms with Crippen LogP contribution in [0.2, 0.25) is 0 Å². The molecule has 0 spiro atoms. The van der Waals surface area contributed by atoms with Crippen molar-refractivity contribution in [1.82, 2.24) is 0 Å². The van der Waals surface area contributed by atoms with Gasteiger partial charge >= 0.3 is 0 Å². The Morgan fingerprint density at radius 1 is 1.88 bits per heavy atom. The first-order valence-electron chi connectivity index (χ1n) is 1.94. The minimum atomic E-state index is -1.36. The van der Waals surface area contributed by atoms with Gasteiger partial charge in [-0.3, -0.25) is 0 Å². The molecule has 0 rings (SSSR count). The fourth-order valence-corrected chi connectivity index (χ4v) is 0.168. The van der Waals surface area contributed by atoms with Crippen molar-refractivity contribution in [2.75, 3.05) is 0 Å². The van der Waals surface area contributed by atoms with Crippen LogP contribution < -0.4 is 5.11 Å². The number of carboxylic acid groups (broad SMARTS) is 1. The number of carbonyl (C=O) groups is 1. The molecule has 0 unspecified atom stereocenters. The van der Waals surface area contributed by atoms with Crippen LogP contribution in [0.3, 0.4) is 0 Å². The van der Waals surface area contributed by atoms with Crippen molar-refractivity contribution in [3.8, 4) is 6.07 Å². The van der Waals surface area contributed by atoms with Crippen molar-refractivity contribution < 1.29 is 9.90 Å². The number of aliphatic carboxylic acids is 1. The molecule has 0 aromatic heterocycles. The Balaban J connectivity index is 3.71. The average Bonchev–Trinajstić information content (AvgIpc) is 1.67. The van der Waals surface area contributed by atoms with Crippen LogP contribution in [0.25, 0.3) is 0 Å². The second kappa shape index (κ2) is 2.80. The normalized spacial score (nSPS) is 7.38. The van der Waals surface area contributed by atoms with E-state index in [9.17, 15) is 9.90 Å². The lowest BCUT2D eigenvalue weighted by atomic mass is 10.2. The first kappa shape index (κ1) is 6.70. The summed E-state index contributed by atoms with van der Waals surface area (Å²) in [6, 6.07) is 1.63. The Bertz CT molecular complexity index is 154. The standard InChI is InChI=1S/C5H5NO2/c1-4(2-3-6)5(7)8/h1-2H2,(H,7,8)/p-1. The van der Waals surface area contributed by atoms with Crippen LogP contribution in [0.1, 0.15) is 6.42 Å². The second-order valence-corrected chi connectivity index (χ2v) is 1.23. The molecular formula is C5H4NO2-. The lowest BCUT2D eigenvalue weighted by Gasteiger charge is -1.97. The summed E-state index contributed by atoms with van der Waals surface area (Å²) in [4.78, 5) is 9.73. The predicted molar refractivity (Wildman–Crippen MR) is 24.4 cm³/mol. The molecule has 0 fully saturated rings. The molecule has 0 saturated carbocycles. The van der Waals surface area contributed by atoms with Gasteiger partial charge in [-0.2, -0.15) is 5.26 Å². The number of rotatable bonds is 2. The summed E-state index contributed by atoms with van der Waals surface area (Å²) in [5.41, 5.74) is -0.174. The Labute approximate surface area is 46.9 Å². The maximum Gasteiger partial charge on any atom is 0.0679 e. The quantitative estimate of drug-likeness (QED) is 0.437. The van der Waals surface area contributed by atoms with Crippen LogP contribution in [-0.2, 0) is 4.79 Å². The van der Waals surface area contributed by atoms with Crippen LogP contribution in [0.15, 0.2) is 12.2 Å². The third kappa shape index (κ3) is 1.98. The molecule has 0 aliphatic heterocycles. The summed E-state index contributed by atoms with van der Waals surface area (Å²) in [5, 5.41) is 17.6. The highest BCUT2D eigenvalue weighted by Gasteiger charge is 1.89. The topological polar surface area (TPSA) is 63.9 Å². The molecule has 0 heterocycles. The lowest BCUT2D eigenvalue weighted by molar-refractivity contribution is -0.299. The van der Waals surface area contributed by atoms with Gasteiger partial charge in [0.05, 0.1) is 18.5 Å². The number of nitrogens with zero attached hydrogens (tertiary/aromatic N) is 1. The maximum atomic E-state index is 9.73. The summed E-state index contributed by atoms with van der Waals surface area (Å²) < 4.78 is 0. The van der Waals surface area contributed by atoms with E-state index < -0.39 is 5.97 Å². The Morgan fingerprint density at radius 3 is 2.50 bits per heavy atom. The summed E-state index contributed by atoms with van der Waals surface area (Å²) >= 11 is 0. The molecule has 42 valence electrons. The highest BCUT2D eigenvalue weighted by molar-refractivity contribution is 5.84. The van der Waals surface area contributed by atoms with Crippen molar-refractivity contribution in [2.24, 2.45) is 0 Å². The van der Waals surface area contributed by atoms with Crippen molar-refractivity contribution in [3.63, 3.8) is 0 Å². The van der Waals surface area contributed by atoms with Crippen molar-refractivity contribution in [2.45, 2.75) is 6.42 Å². The van der Waals surface area contributed by atoms with Gasteiger partial charge in [-0.1, -0.05) is 6.58 Å². The second-order valence-electron chi connectivity index (χ2n) is 1.23. The molecule has 0 amide bonds. The summed E-state index contributed by atoms with van der Waals surface area (Å²) in [6.45, 7) is 3.06. The van der Waals surface area contributed by atoms with E-state index in [1.807, 2.05) is 0 Å². The largest absolute Gasteiger partial charge is 0.545 e. The Morgan fingerprint density at radius 2 is 2.38 bits per heavy atom. The number of hydrogen-bond donors (Lipinski definition) is 0. The zero-order valence-corrected chi connectivity index (χ0v) is 4.18. The minimum Gasteiger partial charge on any atom is -0.545 e. The zero-order chi connectivity index (χ0) is 6.57. The van der Waals surface area contributed by atoms with E-state index in [-0.39, 0.29) is 12.0 Å². The molecule has 0 N–H and O–H groups in total. The molecule has 0 bridgehead atoms. The lowest BCUT2D eigenvalue weighted by Crippen LogP contribution is -2.23. The van der Waals surface area contributed by atoms with Crippen molar-refractivity contribution in [3.05, 3.63) is 12.2 Å². The van der Waals surface area contributed by atoms with Gasteiger partial charge < -0.3 is 9.90 Å². The van der Waals surface area contributed by atoms with Crippen LogP contribution >= 0.6 is 0 Å². The third-order valence-electron chi connectivity index (χ3n) is 0.581. The van der Waals surface area contributed by atoms with Gasteiger partial charge in [-0.05, 0) is 5.57 Å². The summed E-state index contributed by atoms with van der Waals surface area (Å²) in [5.74, 6) is -1.36. The fraction of sp³-hybridized carbons (Fsp3) is 0.200. The molecule has 0 radical (unpaired) electrons. The fourth-order valence-electron chi connectivity index (χ4n) is 0.168. The first-order valence-corrected chi connectivity index (χ1v) is 1.94. The van der Waals surface area contributed by atoms with E-state index >= 15 is 0 Å². The van der Waals surface area contributed by atoms with E-state index in [0.717, 1.165) is 0 Å². The van der Waals surface area contributed by atoms with Crippen LogP contribution in [0.4, 0.5) is 0 Å². The Kier molecular flexibility index (Phi) is 2.35. The monoisotopic (exact) mass is 110 g/mol. The Hall–Kier alpha value is -1.30. The van der Waals surface area contributed by atoms with Crippen LogP contribution in [-0.4, -0.2) is 5.97 Å². The molecule has 0 aromatic carbocycles. The molecule has 8 heavy (non-hydrogen) atoms. The van der Waals surface area contributed by atoms with Crippen molar-refractivity contribution >= 4 is 5.97 Å². The molecule has 0 aliphatic rings. The third-order valence-corrected chi connectivity index (χ3v) is 0.581. The number of carbonyl (C=O) groups excluding carboxylic acids is 1. The maximum absolute atomic E-state index is 9.73.